The highest BCUT2D eigenvalue weighted by atomic mass is 35.5. The molecule has 2 N–H and O–H groups in total. The van der Waals surface area contributed by atoms with E-state index in [0.29, 0.717) is 34.0 Å². The zero-order chi connectivity index (χ0) is 24.4. The van der Waals surface area contributed by atoms with E-state index >= 15 is 4.39 Å². The summed E-state index contributed by atoms with van der Waals surface area (Å²) in [6.45, 7) is 0.605. The van der Waals surface area contributed by atoms with Gasteiger partial charge in [0.25, 0.3) is 5.91 Å². The number of anilines is 2. The van der Waals surface area contributed by atoms with E-state index in [4.69, 9.17) is 17.3 Å². The van der Waals surface area contributed by atoms with E-state index in [1.807, 2.05) is 31.1 Å². The second kappa shape index (κ2) is 9.58. The molecule has 4 rings (SSSR count). The van der Waals surface area contributed by atoms with E-state index in [2.05, 4.69) is 15.1 Å². The maximum Gasteiger partial charge on any atom is 0.250 e. The minimum atomic E-state index is -0.576. The monoisotopic (exact) mass is 479 g/mol. The number of likely N-dealkylation sites (N-methyl/N-ethyl adjacent to an activating group) is 2. The number of carbonyl (C=O) groups excluding carboxylic acids is 1. The van der Waals surface area contributed by atoms with Gasteiger partial charge in [-0.15, -0.1) is 0 Å². The van der Waals surface area contributed by atoms with E-state index in [-0.39, 0.29) is 17.4 Å². The molecule has 0 aliphatic carbocycles. The zero-order valence-corrected chi connectivity index (χ0v) is 19.7. The highest BCUT2D eigenvalue weighted by Gasteiger charge is 2.20. The Hall–Kier alpha value is -3.82. The maximum absolute atomic E-state index is 15.1. The first kappa shape index (κ1) is 23.3. The van der Waals surface area contributed by atoms with Gasteiger partial charge in [-0.3, -0.25) is 4.79 Å². The van der Waals surface area contributed by atoms with Crippen molar-refractivity contribution in [2.75, 3.05) is 38.3 Å². The first-order valence-electron chi connectivity index (χ1n) is 10.4. The minimum Gasteiger partial charge on any atom is -0.383 e. The first-order chi connectivity index (χ1) is 16.3. The van der Waals surface area contributed by atoms with Crippen LogP contribution >= 0.6 is 11.6 Å². The molecule has 174 valence electrons. The summed E-state index contributed by atoms with van der Waals surface area (Å²) < 4.78 is 16.6. The van der Waals surface area contributed by atoms with Crippen LogP contribution in [0.2, 0.25) is 5.02 Å². The van der Waals surface area contributed by atoms with Crippen molar-refractivity contribution in [2.24, 2.45) is 0 Å². The van der Waals surface area contributed by atoms with Gasteiger partial charge < -0.3 is 15.5 Å². The SMILES string of the molecule is CN(C)C/C=C/C(=O)N(C)c1ccc(-n2nc(-c3ccc(Cl)cc3)c3c(N)ncnc32)cc1F. The van der Waals surface area contributed by atoms with E-state index in [9.17, 15) is 4.79 Å². The highest BCUT2D eigenvalue weighted by molar-refractivity contribution is 6.30. The Bertz CT molecular complexity index is 1380. The zero-order valence-electron chi connectivity index (χ0n) is 18.9. The Labute approximate surface area is 201 Å². The third kappa shape index (κ3) is 4.61. The molecule has 0 saturated heterocycles. The van der Waals surface area contributed by atoms with Gasteiger partial charge in [-0.2, -0.15) is 5.10 Å². The quantitative estimate of drug-likeness (QED) is 0.421. The molecule has 0 unspecified atom stereocenters. The number of benzene rings is 2. The Morgan fingerprint density at radius 1 is 1.15 bits per heavy atom. The number of halogens is 2. The summed E-state index contributed by atoms with van der Waals surface area (Å²) in [7, 11) is 5.32. The van der Waals surface area contributed by atoms with E-state index in [1.54, 1.807) is 24.3 Å². The topological polar surface area (TPSA) is 93.2 Å². The lowest BCUT2D eigenvalue weighted by atomic mass is 10.1. The average Bonchev–Trinajstić information content (AvgIpc) is 3.20. The fraction of sp³-hybridized carbons (Fsp3) is 0.167. The predicted molar refractivity (Wildman–Crippen MR) is 133 cm³/mol. The van der Waals surface area contributed by atoms with Crippen LogP contribution in [0.3, 0.4) is 0 Å². The fourth-order valence-corrected chi connectivity index (χ4v) is 3.58. The molecule has 2 heterocycles. The van der Waals surface area contributed by atoms with Gasteiger partial charge in [0.15, 0.2) is 5.65 Å². The highest BCUT2D eigenvalue weighted by Crippen LogP contribution is 2.33. The van der Waals surface area contributed by atoms with E-state index < -0.39 is 5.82 Å². The van der Waals surface area contributed by atoms with Gasteiger partial charge in [-0.25, -0.2) is 19.0 Å². The molecule has 8 nitrogen and oxygen atoms in total. The second-order valence-electron chi connectivity index (χ2n) is 7.92. The molecule has 2 aromatic heterocycles. The molecule has 10 heteroatoms. The van der Waals surface area contributed by atoms with E-state index in [1.165, 1.54) is 41.2 Å². The summed E-state index contributed by atoms with van der Waals surface area (Å²) in [5.41, 5.74) is 8.46. The van der Waals surface area contributed by atoms with Crippen LogP contribution in [0.4, 0.5) is 15.9 Å². The van der Waals surface area contributed by atoms with Crippen molar-refractivity contribution in [3.05, 3.63) is 71.8 Å². The lowest BCUT2D eigenvalue weighted by Crippen LogP contribution is -2.25. The third-order valence-corrected chi connectivity index (χ3v) is 5.46. The number of amides is 1. The molecule has 34 heavy (non-hydrogen) atoms. The van der Waals surface area contributed by atoms with Crippen molar-refractivity contribution in [3.63, 3.8) is 0 Å². The van der Waals surface area contributed by atoms with Crippen LogP contribution in [0.15, 0.2) is 60.9 Å². The number of fused-ring (bicyclic) bond motifs is 1. The third-order valence-electron chi connectivity index (χ3n) is 5.21. The number of hydrogen-bond donors (Lipinski definition) is 1. The molecule has 0 atom stereocenters. The van der Waals surface area contributed by atoms with Crippen LogP contribution < -0.4 is 10.6 Å². The fourth-order valence-electron chi connectivity index (χ4n) is 3.46. The van der Waals surface area contributed by atoms with Gasteiger partial charge in [0.1, 0.15) is 23.7 Å². The predicted octanol–water partition coefficient (Wildman–Crippen LogP) is 3.94. The van der Waals surface area contributed by atoms with Crippen molar-refractivity contribution in [1.82, 2.24) is 24.6 Å². The summed E-state index contributed by atoms with van der Waals surface area (Å²) in [5.74, 6) is -0.648. The molecule has 0 fully saturated rings. The molecule has 1 amide bonds. The minimum absolute atomic E-state index is 0.145. The molecule has 4 aromatic rings. The summed E-state index contributed by atoms with van der Waals surface area (Å²) >= 11 is 6.02. The largest absolute Gasteiger partial charge is 0.383 e. The number of nitrogens with two attached hydrogens (primary N) is 1. The summed E-state index contributed by atoms with van der Waals surface area (Å²) in [4.78, 5) is 24.0. The Balaban J connectivity index is 1.74. The standard InChI is InChI=1S/C24H23ClFN7O/c1-31(2)12-4-5-20(34)32(3)19-11-10-17(13-18(19)26)33-24-21(23(27)28-14-29-24)22(30-33)15-6-8-16(25)9-7-15/h4-11,13-14H,12H2,1-3H3,(H2,27,28,29)/b5-4+. The molecule has 0 bridgehead atoms. The lowest BCUT2D eigenvalue weighted by Gasteiger charge is -2.17. The van der Waals surface area contributed by atoms with Gasteiger partial charge in [0.2, 0.25) is 0 Å². The number of nitrogens with zero attached hydrogens (tertiary/aromatic N) is 6. The lowest BCUT2D eigenvalue weighted by molar-refractivity contribution is -0.113. The Kier molecular flexibility index (Phi) is 6.58. The van der Waals surface area contributed by atoms with Gasteiger partial charge in [-0.1, -0.05) is 29.8 Å². The van der Waals surface area contributed by atoms with Gasteiger partial charge >= 0.3 is 0 Å². The summed E-state index contributed by atoms with van der Waals surface area (Å²) in [6.07, 6.45) is 4.48. The molecule has 0 aliphatic rings. The van der Waals surface area contributed by atoms with Crippen LogP contribution in [0, 0.1) is 5.82 Å². The van der Waals surface area contributed by atoms with Gasteiger partial charge in [0.05, 0.1) is 16.8 Å². The molecule has 0 saturated carbocycles. The number of rotatable bonds is 6. The summed E-state index contributed by atoms with van der Waals surface area (Å²) in [5, 5.41) is 5.79. The van der Waals surface area contributed by atoms with Crippen LogP contribution in [0.5, 0.6) is 0 Å². The maximum atomic E-state index is 15.1. The van der Waals surface area contributed by atoms with Crippen LogP contribution in [-0.4, -0.2) is 58.2 Å². The van der Waals surface area contributed by atoms with Crippen LogP contribution in [0.25, 0.3) is 28.0 Å². The summed E-state index contributed by atoms with van der Waals surface area (Å²) in [6, 6.07) is 11.6. The number of carbonyl (C=O) groups is 1. The van der Waals surface area contributed by atoms with Gasteiger partial charge in [0, 0.05) is 36.3 Å². The molecular formula is C24H23ClFN7O. The number of hydrogen-bond acceptors (Lipinski definition) is 6. The normalized spacial score (nSPS) is 11.6. The van der Waals surface area contributed by atoms with Gasteiger partial charge in [-0.05, 0) is 38.4 Å². The molecule has 0 spiro atoms. The molecule has 0 aliphatic heterocycles. The van der Waals surface area contributed by atoms with Crippen molar-refractivity contribution >= 4 is 40.0 Å². The first-order valence-corrected chi connectivity index (χ1v) is 10.8. The van der Waals surface area contributed by atoms with Crippen LogP contribution in [0.1, 0.15) is 0 Å². The molecule has 0 radical (unpaired) electrons. The van der Waals surface area contributed by atoms with Crippen molar-refractivity contribution < 1.29 is 9.18 Å². The number of aromatic nitrogens is 4. The Morgan fingerprint density at radius 3 is 2.56 bits per heavy atom. The molecular weight excluding hydrogens is 457 g/mol. The van der Waals surface area contributed by atoms with Crippen molar-refractivity contribution in [3.8, 4) is 16.9 Å². The van der Waals surface area contributed by atoms with E-state index in [0.717, 1.165) is 5.56 Å². The van der Waals surface area contributed by atoms with Crippen molar-refractivity contribution in [1.29, 1.82) is 0 Å². The Morgan fingerprint density at radius 2 is 1.88 bits per heavy atom. The molecule has 2 aromatic carbocycles. The second-order valence-corrected chi connectivity index (χ2v) is 8.36. The average molecular weight is 480 g/mol. The van der Waals surface area contributed by atoms with Crippen LogP contribution in [-0.2, 0) is 4.79 Å². The number of nitrogen functional groups attached to an aromatic ring is 1. The smallest absolute Gasteiger partial charge is 0.250 e. The van der Waals surface area contributed by atoms with Crippen molar-refractivity contribution in [2.45, 2.75) is 0 Å².